The third-order valence-corrected chi connectivity index (χ3v) is 8.26. The number of rotatable bonds is 3. The van der Waals surface area contributed by atoms with Crippen molar-refractivity contribution in [3.05, 3.63) is 0 Å². The van der Waals surface area contributed by atoms with Crippen molar-refractivity contribution in [2.75, 3.05) is 6.54 Å². The number of amides is 1. The summed E-state index contributed by atoms with van der Waals surface area (Å²) in [6, 6.07) is 0. The molecule has 15 heavy (non-hydrogen) atoms. The highest BCUT2D eigenvalue weighted by Gasteiger charge is 2.42. The molecule has 1 fully saturated rings. The van der Waals surface area contributed by atoms with Crippen molar-refractivity contribution in [3.63, 3.8) is 0 Å². The molecule has 1 amide bonds. The number of β-lactam (4-membered cyclic amide) rings is 1. The lowest BCUT2D eigenvalue weighted by Gasteiger charge is -2.41. The first-order valence-corrected chi connectivity index (χ1v) is 8.51. The van der Waals surface area contributed by atoms with Crippen molar-refractivity contribution in [2.45, 2.75) is 51.9 Å². The van der Waals surface area contributed by atoms with Gasteiger partial charge in [-0.1, -0.05) is 20.8 Å². The van der Waals surface area contributed by atoms with Gasteiger partial charge in [-0.2, -0.15) is 0 Å². The van der Waals surface area contributed by atoms with Crippen molar-refractivity contribution >= 4 is 14.2 Å². The summed E-state index contributed by atoms with van der Waals surface area (Å²) in [7, 11) is -1.72. The molecule has 1 rings (SSSR count). The van der Waals surface area contributed by atoms with Crippen molar-refractivity contribution in [2.24, 2.45) is 5.92 Å². The zero-order chi connectivity index (χ0) is 11.9. The lowest BCUT2D eigenvalue weighted by molar-refractivity contribution is -0.135. The molecular formula is C11H23NO2Si. The molecule has 0 radical (unpaired) electrons. The third kappa shape index (κ3) is 2.61. The Kier molecular flexibility index (Phi) is 3.31. The molecular weight excluding hydrogens is 206 g/mol. The SMILES string of the molecule is CC(O[Si](C)(C)C(C)(C)C)[C@@H]1CNC1=O. The van der Waals surface area contributed by atoms with Gasteiger partial charge in [0, 0.05) is 6.54 Å². The lowest BCUT2D eigenvalue weighted by Crippen LogP contribution is -2.56. The molecule has 1 heterocycles. The van der Waals surface area contributed by atoms with E-state index in [1.54, 1.807) is 0 Å². The molecule has 1 N–H and O–H groups in total. The smallest absolute Gasteiger partial charge is 0.227 e. The van der Waals surface area contributed by atoms with Gasteiger partial charge in [0.05, 0.1) is 12.0 Å². The molecule has 0 saturated carbocycles. The largest absolute Gasteiger partial charge is 0.413 e. The van der Waals surface area contributed by atoms with Gasteiger partial charge < -0.3 is 9.74 Å². The van der Waals surface area contributed by atoms with Crippen molar-refractivity contribution in [1.29, 1.82) is 0 Å². The molecule has 0 bridgehead atoms. The molecule has 0 aromatic heterocycles. The van der Waals surface area contributed by atoms with Gasteiger partial charge in [-0.05, 0) is 25.1 Å². The van der Waals surface area contributed by atoms with Gasteiger partial charge in [0.2, 0.25) is 5.91 Å². The Hall–Kier alpha value is -0.353. The zero-order valence-corrected chi connectivity index (χ0v) is 11.7. The van der Waals surface area contributed by atoms with E-state index >= 15 is 0 Å². The van der Waals surface area contributed by atoms with E-state index in [4.69, 9.17) is 4.43 Å². The number of nitrogens with one attached hydrogen (secondary N) is 1. The van der Waals surface area contributed by atoms with Crippen LogP contribution in [0.25, 0.3) is 0 Å². The minimum absolute atomic E-state index is 0.0552. The van der Waals surface area contributed by atoms with E-state index in [0.29, 0.717) is 0 Å². The van der Waals surface area contributed by atoms with Crippen LogP contribution in [0, 0.1) is 5.92 Å². The highest BCUT2D eigenvalue weighted by Crippen LogP contribution is 2.38. The molecule has 1 aliphatic rings. The van der Waals surface area contributed by atoms with Crippen LogP contribution >= 0.6 is 0 Å². The molecule has 0 spiro atoms. The summed E-state index contributed by atoms with van der Waals surface area (Å²) >= 11 is 0. The Balaban J connectivity index is 2.57. The minimum atomic E-state index is -1.72. The van der Waals surface area contributed by atoms with E-state index in [0.717, 1.165) is 6.54 Å². The number of hydrogen-bond donors (Lipinski definition) is 1. The zero-order valence-electron chi connectivity index (χ0n) is 10.7. The van der Waals surface area contributed by atoms with Gasteiger partial charge in [-0.15, -0.1) is 0 Å². The maximum absolute atomic E-state index is 11.2. The van der Waals surface area contributed by atoms with Gasteiger partial charge in [-0.3, -0.25) is 4.79 Å². The molecule has 1 aliphatic heterocycles. The fraction of sp³-hybridized carbons (Fsp3) is 0.909. The minimum Gasteiger partial charge on any atom is -0.413 e. The normalized spacial score (nSPS) is 24.4. The second-order valence-electron chi connectivity index (χ2n) is 5.93. The molecule has 1 unspecified atom stereocenters. The van der Waals surface area contributed by atoms with Gasteiger partial charge in [0.25, 0.3) is 0 Å². The monoisotopic (exact) mass is 229 g/mol. The first-order valence-electron chi connectivity index (χ1n) is 5.61. The van der Waals surface area contributed by atoms with Crippen LogP contribution < -0.4 is 5.32 Å². The van der Waals surface area contributed by atoms with Crippen LogP contribution in [0.5, 0.6) is 0 Å². The van der Waals surface area contributed by atoms with E-state index in [1.165, 1.54) is 0 Å². The van der Waals surface area contributed by atoms with E-state index < -0.39 is 8.32 Å². The predicted octanol–water partition coefficient (Wildman–Crippen LogP) is 2.14. The summed E-state index contributed by atoms with van der Waals surface area (Å²) < 4.78 is 6.15. The van der Waals surface area contributed by atoms with E-state index in [2.05, 4.69) is 39.2 Å². The summed E-state index contributed by atoms with van der Waals surface area (Å²) in [5.74, 6) is 0.209. The van der Waals surface area contributed by atoms with E-state index in [1.807, 2.05) is 6.92 Å². The maximum atomic E-state index is 11.2. The molecule has 0 aliphatic carbocycles. The van der Waals surface area contributed by atoms with Crippen LogP contribution in [-0.2, 0) is 9.22 Å². The molecule has 88 valence electrons. The fourth-order valence-corrected chi connectivity index (χ4v) is 2.85. The highest BCUT2D eigenvalue weighted by molar-refractivity contribution is 6.74. The van der Waals surface area contributed by atoms with E-state index in [9.17, 15) is 4.79 Å². The third-order valence-electron chi connectivity index (χ3n) is 3.69. The van der Waals surface area contributed by atoms with Crippen LogP contribution in [0.4, 0.5) is 0 Å². The standard InChI is InChI=1S/C11H23NO2Si/c1-8(9-7-12-10(9)13)14-15(5,6)11(2,3)4/h8-9H,7H2,1-6H3,(H,12,13)/t8?,9-/m0/s1. The van der Waals surface area contributed by atoms with Crippen LogP contribution in [0.1, 0.15) is 27.7 Å². The summed E-state index contributed by atoms with van der Waals surface area (Å²) in [6.07, 6.45) is 0.0552. The second-order valence-corrected chi connectivity index (χ2v) is 10.7. The molecule has 1 saturated heterocycles. The van der Waals surface area contributed by atoms with Gasteiger partial charge in [0.15, 0.2) is 8.32 Å². The quantitative estimate of drug-likeness (QED) is 0.595. The lowest BCUT2D eigenvalue weighted by atomic mass is 9.97. The Morgan fingerprint density at radius 1 is 1.47 bits per heavy atom. The van der Waals surface area contributed by atoms with E-state index in [-0.39, 0.29) is 23.0 Å². The average Bonchev–Trinajstić information content (AvgIpc) is 1.98. The average molecular weight is 229 g/mol. The molecule has 0 aromatic rings. The van der Waals surface area contributed by atoms with Crippen LogP contribution in [0.15, 0.2) is 0 Å². The molecule has 4 heteroatoms. The molecule has 3 nitrogen and oxygen atoms in total. The number of carbonyl (C=O) groups is 1. The summed E-state index contributed by atoms with van der Waals surface area (Å²) in [4.78, 5) is 11.2. The van der Waals surface area contributed by atoms with Gasteiger partial charge in [0.1, 0.15) is 0 Å². The maximum Gasteiger partial charge on any atom is 0.227 e. The van der Waals surface area contributed by atoms with Crippen LogP contribution in [-0.4, -0.2) is 26.9 Å². The number of hydrogen-bond acceptors (Lipinski definition) is 2. The highest BCUT2D eigenvalue weighted by atomic mass is 28.4. The molecule has 2 atom stereocenters. The predicted molar refractivity (Wildman–Crippen MR) is 64.2 cm³/mol. The second kappa shape index (κ2) is 3.90. The first kappa shape index (κ1) is 12.7. The van der Waals surface area contributed by atoms with Crippen molar-refractivity contribution < 1.29 is 9.22 Å². The fourth-order valence-electron chi connectivity index (χ4n) is 1.41. The molecule has 0 aromatic carbocycles. The Labute approximate surface area is 93.7 Å². The van der Waals surface area contributed by atoms with Crippen molar-refractivity contribution in [1.82, 2.24) is 5.32 Å². The van der Waals surface area contributed by atoms with Crippen molar-refractivity contribution in [3.8, 4) is 0 Å². The topological polar surface area (TPSA) is 38.3 Å². The Morgan fingerprint density at radius 3 is 2.27 bits per heavy atom. The first-order chi connectivity index (χ1) is 6.65. The summed E-state index contributed by atoms with van der Waals surface area (Å²) in [5, 5.41) is 2.97. The van der Waals surface area contributed by atoms with Crippen LogP contribution in [0.3, 0.4) is 0 Å². The number of carbonyl (C=O) groups excluding carboxylic acids is 1. The Bertz CT molecular complexity index is 258. The van der Waals surface area contributed by atoms with Crippen LogP contribution in [0.2, 0.25) is 18.1 Å². The summed E-state index contributed by atoms with van der Waals surface area (Å²) in [5.41, 5.74) is 0. The van der Waals surface area contributed by atoms with Gasteiger partial charge >= 0.3 is 0 Å². The summed E-state index contributed by atoms with van der Waals surface area (Å²) in [6.45, 7) is 13.9. The Morgan fingerprint density at radius 2 is 2.00 bits per heavy atom. The van der Waals surface area contributed by atoms with Gasteiger partial charge in [-0.25, -0.2) is 0 Å².